The van der Waals surface area contributed by atoms with Crippen LogP contribution in [0.25, 0.3) is 10.2 Å². The van der Waals surface area contributed by atoms with Crippen LogP contribution in [-0.4, -0.2) is 10.7 Å². The minimum atomic E-state index is -0.686. The number of benzene rings is 2. The topological polar surface area (TPSA) is 48.3 Å². The van der Waals surface area contributed by atoms with Crippen LogP contribution in [0.3, 0.4) is 0 Å². The van der Waals surface area contributed by atoms with Gasteiger partial charge in [0.2, 0.25) is 0 Å². The molecule has 19 heavy (non-hydrogen) atoms. The van der Waals surface area contributed by atoms with Gasteiger partial charge in [-0.2, -0.15) is 0 Å². The lowest BCUT2D eigenvalue weighted by Crippen LogP contribution is -2.25. The molecule has 3 aromatic rings. The number of thiazole rings is 1. The molecule has 0 radical (unpaired) electrons. The number of nitrogens with zero attached hydrogens (tertiary/aromatic N) is 1. The summed E-state index contributed by atoms with van der Waals surface area (Å²) in [5, 5.41) is 0. The fraction of sp³-hybridized carbons (Fsp3) is 0. The molecule has 0 fully saturated rings. The van der Waals surface area contributed by atoms with Gasteiger partial charge in [0.25, 0.3) is 0 Å². The zero-order valence-corrected chi connectivity index (χ0v) is 10.6. The lowest BCUT2D eigenvalue weighted by atomic mass is 10.3. The van der Waals surface area contributed by atoms with Crippen LogP contribution < -0.4 is 9.61 Å². The third-order valence-electron chi connectivity index (χ3n) is 2.62. The third kappa shape index (κ3) is 2.15. The number of hydrogen-bond acceptors (Lipinski definition) is 4. The van der Waals surface area contributed by atoms with Crippen molar-refractivity contribution in [3.05, 3.63) is 64.3 Å². The standard InChI is InChI=1S/C14H9NO3S/c16-13(18-10-6-2-1-3-7-10)15-11-8-4-5-9-12(11)19-14(15)17/h1-9H. The zero-order valence-electron chi connectivity index (χ0n) is 9.78. The molecule has 0 spiro atoms. The summed E-state index contributed by atoms with van der Waals surface area (Å²) in [5.74, 6) is 0.412. The first-order valence-electron chi connectivity index (χ1n) is 5.63. The van der Waals surface area contributed by atoms with E-state index in [4.69, 9.17) is 4.74 Å². The predicted molar refractivity (Wildman–Crippen MR) is 73.9 cm³/mol. The summed E-state index contributed by atoms with van der Waals surface area (Å²) in [6.07, 6.45) is -0.686. The monoisotopic (exact) mass is 271 g/mol. The van der Waals surface area contributed by atoms with Crippen molar-refractivity contribution in [2.45, 2.75) is 0 Å². The van der Waals surface area contributed by atoms with E-state index in [0.29, 0.717) is 11.3 Å². The van der Waals surface area contributed by atoms with E-state index in [1.807, 2.05) is 12.1 Å². The van der Waals surface area contributed by atoms with Crippen LogP contribution in [0.2, 0.25) is 0 Å². The van der Waals surface area contributed by atoms with Crippen LogP contribution >= 0.6 is 11.3 Å². The van der Waals surface area contributed by atoms with Crippen molar-refractivity contribution in [2.75, 3.05) is 0 Å². The molecule has 5 heteroatoms. The molecule has 0 aliphatic heterocycles. The Balaban J connectivity index is 2.03. The van der Waals surface area contributed by atoms with Crippen LogP contribution in [-0.2, 0) is 0 Å². The van der Waals surface area contributed by atoms with Crippen LogP contribution in [0.1, 0.15) is 0 Å². The second kappa shape index (κ2) is 4.70. The summed E-state index contributed by atoms with van der Waals surface area (Å²) in [7, 11) is 0. The van der Waals surface area contributed by atoms with Crippen molar-refractivity contribution in [1.82, 2.24) is 4.57 Å². The molecule has 0 amide bonds. The molecular weight excluding hydrogens is 262 g/mol. The van der Waals surface area contributed by atoms with Crippen molar-refractivity contribution < 1.29 is 9.53 Å². The SMILES string of the molecule is O=C(Oc1ccccc1)n1c(=O)sc2ccccc21. The molecule has 94 valence electrons. The van der Waals surface area contributed by atoms with Gasteiger partial charge in [-0.15, -0.1) is 0 Å². The molecule has 1 heterocycles. The first kappa shape index (κ1) is 11.7. The highest BCUT2D eigenvalue weighted by atomic mass is 32.1. The molecule has 0 saturated heterocycles. The van der Waals surface area contributed by atoms with E-state index in [1.54, 1.807) is 42.5 Å². The van der Waals surface area contributed by atoms with E-state index in [9.17, 15) is 9.59 Å². The van der Waals surface area contributed by atoms with Gasteiger partial charge in [-0.1, -0.05) is 41.7 Å². The molecule has 0 atom stereocenters. The Bertz CT molecular complexity index is 789. The first-order valence-corrected chi connectivity index (χ1v) is 6.45. The maximum absolute atomic E-state index is 12.1. The highest BCUT2D eigenvalue weighted by Gasteiger charge is 2.15. The highest BCUT2D eigenvalue weighted by molar-refractivity contribution is 7.16. The Kier molecular flexibility index (Phi) is 2.89. The van der Waals surface area contributed by atoms with Gasteiger partial charge in [0.05, 0.1) is 10.2 Å². The molecule has 0 aliphatic carbocycles. The summed E-state index contributed by atoms with van der Waals surface area (Å²) in [6.45, 7) is 0. The Labute approximate surface area is 112 Å². The Morgan fingerprint density at radius 2 is 1.68 bits per heavy atom. The summed E-state index contributed by atoms with van der Waals surface area (Å²) in [5.41, 5.74) is 0.568. The highest BCUT2D eigenvalue weighted by Crippen LogP contribution is 2.17. The number of rotatable bonds is 1. The number of carbonyl (C=O) groups is 1. The molecule has 1 aromatic heterocycles. The Morgan fingerprint density at radius 1 is 1.00 bits per heavy atom. The largest absolute Gasteiger partial charge is 0.427 e. The molecule has 0 aliphatic rings. The number of aromatic nitrogens is 1. The lowest BCUT2D eigenvalue weighted by Gasteiger charge is -2.04. The number of ether oxygens (including phenoxy) is 1. The van der Waals surface area contributed by atoms with E-state index in [0.717, 1.165) is 20.6 Å². The predicted octanol–water partition coefficient (Wildman–Crippen LogP) is 3.11. The Morgan fingerprint density at radius 3 is 2.47 bits per heavy atom. The molecule has 0 N–H and O–H groups in total. The van der Waals surface area contributed by atoms with E-state index >= 15 is 0 Å². The molecule has 0 saturated carbocycles. The van der Waals surface area contributed by atoms with Gasteiger partial charge in [0, 0.05) is 0 Å². The summed E-state index contributed by atoms with van der Waals surface area (Å²) >= 11 is 1.02. The van der Waals surface area contributed by atoms with Gasteiger partial charge in [0.15, 0.2) is 0 Å². The maximum Gasteiger partial charge on any atom is 0.427 e. The number of hydrogen-bond donors (Lipinski definition) is 0. The number of para-hydroxylation sites is 2. The van der Waals surface area contributed by atoms with Crippen molar-refractivity contribution >= 4 is 27.6 Å². The summed E-state index contributed by atoms with van der Waals surface area (Å²) in [4.78, 5) is 23.6. The van der Waals surface area contributed by atoms with Gasteiger partial charge >= 0.3 is 11.0 Å². The first-order chi connectivity index (χ1) is 9.25. The van der Waals surface area contributed by atoms with E-state index in [-0.39, 0.29) is 4.87 Å². The van der Waals surface area contributed by atoms with Gasteiger partial charge < -0.3 is 4.74 Å². The molecular formula is C14H9NO3S. The summed E-state index contributed by atoms with van der Waals surface area (Å²) < 4.78 is 6.99. The molecule has 3 rings (SSSR count). The lowest BCUT2D eigenvalue weighted by molar-refractivity contribution is 0.203. The summed E-state index contributed by atoms with van der Waals surface area (Å²) in [6, 6.07) is 15.8. The van der Waals surface area contributed by atoms with Crippen LogP contribution in [0.4, 0.5) is 4.79 Å². The Hall–Kier alpha value is -2.40. The third-order valence-corrected chi connectivity index (χ3v) is 3.54. The molecule has 0 bridgehead atoms. The minimum absolute atomic E-state index is 0.345. The molecule has 2 aromatic carbocycles. The van der Waals surface area contributed by atoms with Gasteiger partial charge in [-0.05, 0) is 24.3 Å². The van der Waals surface area contributed by atoms with Crippen LogP contribution in [0, 0.1) is 0 Å². The fourth-order valence-electron chi connectivity index (χ4n) is 1.77. The average Bonchev–Trinajstić information content (AvgIpc) is 2.75. The van der Waals surface area contributed by atoms with E-state index in [1.165, 1.54) is 0 Å². The quantitative estimate of drug-likeness (QED) is 0.683. The van der Waals surface area contributed by atoms with Gasteiger partial charge in [0.1, 0.15) is 5.75 Å². The second-order valence-electron chi connectivity index (χ2n) is 3.85. The van der Waals surface area contributed by atoms with Crippen LogP contribution in [0.5, 0.6) is 5.75 Å². The second-order valence-corrected chi connectivity index (χ2v) is 4.85. The van der Waals surface area contributed by atoms with Crippen molar-refractivity contribution in [1.29, 1.82) is 0 Å². The molecule has 0 unspecified atom stereocenters. The average molecular weight is 271 g/mol. The van der Waals surface area contributed by atoms with Crippen molar-refractivity contribution in [3.8, 4) is 5.75 Å². The van der Waals surface area contributed by atoms with Gasteiger partial charge in [-0.25, -0.2) is 9.36 Å². The number of fused-ring (bicyclic) bond motifs is 1. The smallest absolute Gasteiger partial charge is 0.410 e. The van der Waals surface area contributed by atoms with Crippen LogP contribution in [0.15, 0.2) is 59.4 Å². The minimum Gasteiger partial charge on any atom is -0.410 e. The normalized spacial score (nSPS) is 10.5. The zero-order chi connectivity index (χ0) is 13.2. The molecule has 4 nitrogen and oxygen atoms in total. The fourth-order valence-corrected chi connectivity index (χ4v) is 2.64. The van der Waals surface area contributed by atoms with Crippen molar-refractivity contribution in [3.63, 3.8) is 0 Å². The van der Waals surface area contributed by atoms with E-state index < -0.39 is 6.09 Å². The number of carbonyl (C=O) groups excluding carboxylic acids is 1. The van der Waals surface area contributed by atoms with Gasteiger partial charge in [-0.3, -0.25) is 4.79 Å². The van der Waals surface area contributed by atoms with Crippen molar-refractivity contribution in [2.24, 2.45) is 0 Å². The van der Waals surface area contributed by atoms with E-state index in [2.05, 4.69) is 0 Å². The maximum atomic E-state index is 12.1.